The number of hydrogen-bond donors (Lipinski definition) is 0. The monoisotopic (exact) mass is 412 g/mol. The molecule has 21 heavy (non-hydrogen) atoms. The predicted octanol–water partition coefficient (Wildman–Crippen LogP) is 6.42. The zero-order chi connectivity index (χ0) is 16.2. The third-order valence-corrected chi connectivity index (χ3v) is 12.1. The molecule has 0 N–H and O–H groups in total. The summed E-state index contributed by atoms with van der Waals surface area (Å²) in [4.78, 5) is 0. The highest BCUT2D eigenvalue weighted by Crippen LogP contribution is 2.40. The van der Waals surface area contributed by atoms with Crippen molar-refractivity contribution >= 4 is 30.7 Å². The van der Waals surface area contributed by atoms with E-state index in [1.807, 2.05) is 0 Å². The quantitative estimate of drug-likeness (QED) is 0.304. The van der Waals surface area contributed by atoms with Gasteiger partial charge in [0.2, 0.25) is 0 Å². The summed E-state index contributed by atoms with van der Waals surface area (Å²) in [7, 11) is -1.61. The lowest BCUT2D eigenvalue weighted by Crippen LogP contribution is -2.43. The summed E-state index contributed by atoms with van der Waals surface area (Å²) in [5.41, 5.74) is 8.48. The molecule has 0 aliphatic heterocycles. The van der Waals surface area contributed by atoms with E-state index in [0.29, 0.717) is 16.6 Å². The van der Waals surface area contributed by atoms with E-state index in [4.69, 9.17) is 0 Å². The zero-order valence-electron chi connectivity index (χ0n) is 14.5. The van der Waals surface area contributed by atoms with Gasteiger partial charge in [-0.3, -0.25) is 0 Å². The van der Waals surface area contributed by atoms with E-state index in [0.717, 1.165) is 6.42 Å². The molecule has 0 amide bonds. The molecule has 0 spiro atoms. The van der Waals surface area contributed by atoms with Crippen LogP contribution in [0.3, 0.4) is 0 Å². The Kier molecular flexibility index (Phi) is 7.00. The van der Waals surface area contributed by atoms with Gasteiger partial charge >= 0.3 is 0 Å². The first-order valence-corrected chi connectivity index (χ1v) is 11.4. The Hall–Kier alpha value is -0.273. The molecule has 0 aromatic heterocycles. The van der Waals surface area contributed by atoms with E-state index in [1.165, 1.54) is 14.7 Å². The Balaban J connectivity index is 3.28. The average molecular weight is 412 g/mol. The van der Waals surface area contributed by atoms with Gasteiger partial charge in [0.15, 0.2) is 0 Å². The molecule has 0 nitrogen and oxygen atoms in total. The number of benzene rings is 1. The van der Waals surface area contributed by atoms with Gasteiger partial charge in [0.05, 0.1) is 0 Å². The maximum Gasteiger partial charge on any atom is 0.146 e. The number of aryl methyl sites for hydroxylation is 1. The fraction of sp³-hybridized carbons (Fsp3) is 0.579. The smallest absolute Gasteiger partial charge is 0.125 e. The lowest BCUT2D eigenvalue weighted by atomic mass is 10.1. The van der Waals surface area contributed by atoms with Crippen LogP contribution in [0.15, 0.2) is 18.2 Å². The second kappa shape index (κ2) is 7.83. The maximum absolute atomic E-state index is 3.81. The molecule has 0 heterocycles. The van der Waals surface area contributed by atoms with Crippen LogP contribution in [-0.4, -0.2) is 8.07 Å². The van der Waals surface area contributed by atoms with E-state index >= 15 is 0 Å². The van der Waals surface area contributed by atoms with Crippen LogP contribution in [0.5, 0.6) is 0 Å². The van der Waals surface area contributed by atoms with E-state index in [2.05, 4.69) is 101 Å². The first-order valence-electron chi connectivity index (χ1n) is 8.07. The van der Waals surface area contributed by atoms with Gasteiger partial charge in [0.1, 0.15) is 8.07 Å². The standard InChI is InChI=1S/C19H29ISi/c1-8-18-13-17(9-10-19(18)20)11-12-21(14(2)3,15(4)5)16(6)7/h9-10,13-16H,8H2,1-7H3. The van der Waals surface area contributed by atoms with Crippen molar-refractivity contribution in [3.8, 4) is 11.5 Å². The van der Waals surface area contributed by atoms with Crippen LogP contribution in [0.2, 0.25) is 16.6 Å². The van der Waals surface area contributed by atoms with Gasteiger partial charge in [-0.15, -0.1) is 5.54 Å². The minimum absolute atomic E-state index is 0.694. The molecule has 0 saturated heterocycles. The third kappa shape index (κ3) is 4.13. The zero-order valence-corrected chi connectivity index (χ0v) is 17.7. The van der Waals surface area contributed by atoms with Gasteiger partial charge in [-0.05, 0) is 69.4 Å². The third-order valence-electron chi connectivity index (χ3n) is 4.72. The molecule has 0 saturated carbocycles. The highest BCUT2D eigenvalue weighted by atomic mass is 127. The van der Waals surface area contributed by atoms with Crippen molar-refractivity contribution in [2.24, 2.45) is 0 Å². The molecule has 1 rings (SSSR count). The van der Waals surface area contributed by atoms with Gasteiger partial charge in [0.25, 0.3) is 0 Å². The maximum atomic E-state index is 3.81. The normalized spacial score (nSPS) is 12.0. The second-order valence-corrected chi connectivity index (χ2v) is 13.5. The Morgan fingerprint density at radius 1 is 1.00 bits per heavy atom. The molecule has 0 atom stereocenters. The number of hydrogen-bond acceptors (Lipinski definition) is 0. The van der Waals surface area contributed by atoms with Gasteiger partial charge in [-0.2, -0.15) is 0 Å². The minimum atomic E-state index is -1.61. The Morgan fingerprint density at radius 2 is 1.52 bits per heavy atom. The summed E-state index contributed by atoms with van der Waals surface area (Å²) in [5.74, 6) is 3.54. The fourth-order valence-electron chi connectivity index (χ4n) is 3.54. The summed E-state index contributed by atoms with van der Waals surface area (Å²) in [6.07, 6.45) is 1.08. The second-order valence-electron chi connectivity index (χ2n) is 6.81. The Labute approximate surface area is 146 Å². The topological polar surface area (TPSA) is 0 Å². The van der Waals surface area contributed by atoms with E-state index < -0.39 is 8.07 Å². The van der Waals surface area contributed by atoms with E-state index in [1.54, 1.807) is 0 Å². The van der Waals surface area contributed by atoms with Crippen LogP contribution < -0.4 is 0 Å². The number of halogens is 1. The molecular formula is C19H29ISi. The van der Waals surface area contributed by atoms with Crippen molar-refractivity contribution in [1.29, 1.82) is 0 Å². The molecule has 2 heteroatoms. The van der Waals surface area contributed by atoms with Crippen molar-refractivity contribution in [1.82, 2.24) is 0 Å². The van der Waals surface area contributed by atoms with Crippen LogP contribution in [0, 0.1) is 15.0 Å². The van der Waals surface area contributed by atoms with Gasteiger partial charge in [-0.1, -0.05) is 54.4 Å². The summed E-state index contributed by atoms with van der Waals surface area (Å²) in [5, 5.41) is 0. The molecule has 0 radical (unpaired) electrons. The molecule has 1 aromatic carbocycles. The van der Waals surface area contributed by atoms with Crippen LogP contribution in [0.4, 0.5) is 0 Å². The van der Waals surface area contributed by atoms with E-state index in [9.17, 15) is 0 Å². The molecule has 0 unspecified atom stereocenters. The lowest BCUT2D eigenvalue weighted by molar-refractivity contribution is 0.838. The molecule has 116 valence electrons. The Morgan fingerprint density at radius 3 is 1.95 bits per heavy atom. The lowest BCUT2D eigenvalue weighted by Gasteiger charge is -2.38. The Bertz CT molecular complexity index is 510. The van der Waals surface area contributed by atoms with Crippen LogP contribution in [0.25, 0.3) is 0 Å². The summed E-state index contributed by atoms with van der Waals surface area (Å²) in [6, 6.07) is 6.65. The van der Waals surface area contributed by atoms with E-state index in [-0.39, 0.29) is 0 Å². The molecule has 1 aromatic rings. The SMILES string of the molecule is CCc1cc(C#C[Si](C(C)C)(C(C)C)C(C)C)ccc1I. The predicted molar refractivity (Wildman–Crippen MR) is 106 cm³/mol. The van der Waals surface area contributed by atoms with Crippen LogP contribution >= 0.6 is 22.6 Å². The summed E-state index contributed by atoms with van der Waals surface area (Å²) in [6.45, 7) is 16.4. The fourth-order valence-corrected chi connectivity index (χ4v) is 9.48. The highest BCUT2D eigenvalue weighted by molar-refractivity contribution is 14.1. The molecule has 0 aliphatic rings. The first kappa shape index (κ1) is 18.8. The van der Waals surface area contributed by atoms with Crippen molar-refractivity contribution < 1.29 is 0 Å². The molecule has 0 fully saturated rings. The molecule has 0 bridgehead atoms. The summed E-state index contributed by atoms with van der Waals surface area (Å²) < 4.78 is 1.35. The van der Waals surface area contributed by atoms with Gasteiger partial charge < -0.3 is 0 Å². The van der Waals surface area contributed by atoms with Crippen molar-refractivity contribution in [2.75, 3.05) is 0 Å². The highest BCUT2D eigenvalue weighted by Gasteiger charge is 2.41. The molecule has 0 aliphatic carbocycles. The molecular weight excluding hydrogens is 383 g/mol. The average Bonchev–Trinajstić information content (AvgIpc) is 2.39. The van der Waals surface area contributed by atoms with Crippen molar-refractivity contribution in [2.45, 2.75) is 71.5 Å². The van der Waals surface area contributed by atoms with Gasteiger partial charge in [0, 0.05) is 9.13 Å². The van der Waals surface area contributed by atoms with Gasteiger partial charge in [-0.25, -0.2) is 0 Å². The van der Waals surface area contributed by atoms with Crippen molar-refractivity contribution in [3.63, 3.8) is 0 Å². The number of rotatable bonds is 4. The largest absolute Gasteiger partial charge is 0.146 e. The first-order chi connectivity index (χ1) is 9.75. The summed E-state index contributed by atoms with van der Waals surface area (Å²) >= 11 is 2.41. The van der Waals surface area contributed by atoms with Crippen molar-refractivity contribution in [3.05, 3.63) is 32.9 Å². The van der Waals surface area contributed by atoms with Crippen LogP contribution in [0.1, 0.15) is 59.6 Å². The minimum Gasteiger partial charge on any atom is -0.125 e. The van der Waals surface area contributed by atoms with Crippen LogP contribution in [-0.2, 0) is 6.42 Å².